The predicted molar refractivity (Wildman–Crippen MR) is 77.7 cm³/mol. The number of methoxy groups -OCH3 is 2. The molecule has 0 aliphatic rings. The zero-order valence-corrected chi connectivity index (χ0v) is 13.0. The van der Waals surface area contributed by atoms with Crippen molar-refractivity contribution in [2.45, 2.75) is 26.3 Å². The average Bonchev–Trinajstić information content (AvgIpc) is 2.42. The number of hydrogen-bond acceptors (Lipinski definition) is 5. The molecule has 0 atom stereocenters. The quantitative estimate of drug-likeness (QED) is 0.838. The number of carbonyl (C=O) groups is 2. The van der Waals surface area contributed by atoms with E-state index in [-0.39, 0.29) is 18.1 Å². The number of ether oxygens (including phenoxy) is 3. The first kappa shape index (κ1) is 16.8. The van der Waals surface area contributed by atoms with Gasteiger partial charge in [-0.05, 0) is 39.0 Å². The molecule has 0 radical (unpaired) electrons. The topological polar surface area (TPSA) is 73.9 Å². The zero-order valence-electron chi connectivity index (χ0n) is 13.0. The van der Waals surface area contributed by atoms with E-state index in [0.29, 0.717) is 17.1 Å². The molecular formula is C15H21NO5. The lowest BCUT2D eigenvalue weighted by atomic mass is 10.1. The van der Waals surface area contributed by atoms with Gasteiger partial charge >= 0.3 is 5.97 Å². The highest BCUT2D eigenvalue weighted by Gasteiger charge is 2.16. The Morgan fingerprint density at radius 2 is 1.81 bits per heavy atom. The lowest BCUT2D eigenvalue weighted by molar-refractivity contribution is -0.124. The van der Waals surface area contributed by atoms with Crippen molar-refractivity contribution < 1.29 is 23.8 Å². The van der Waals surface area contributed by atoms with E-state index < -0.39 is 5.97 Å². The summed E-state index contributed by atoms with van der Waals surface area (Å²) in [6.07, 6.45) is 0. The Balaban J connectivity index is 2.75. The number of nitrogens with one attached hydrogen (secondary N) is 1. The van der Waals surface area contributed by atoms with Crippen LogP contribution in [0.1, 0.15) is 31.1 Å². The zero-order chi connectivity index (χ0) is 16.0. The molecule has 0 saturated carbocycles. The van der Waals surface area contributed by atoms with E-state index in [1.165, 1.54) is 20.3 Å². The van der Waals surface area contributed by atoms with Gasteiger partial charge in [0.25, 0.3) is 5.91 Å². The van der Waals surface area contributed by atoms with Gasteiger partial charge in [-0.2, -0.15) is 0 Å². The minimum Gasteiger partial charge on any atom is -0.493 e. The molecule has 1 N–H and O–H groups in total. The summed E-state index contributed by atoms with van der Waals surface area (Å²) in [5, 5.41) is 2.79. The van der Waals surface area contributed by atoms with Gasteiger partial charge in [-0.1, -0.05) is 0 Å². The van der Waals surface area contributed by atoms with Crippen molar-refractivity contribution in [3.05, 3.63) is 23.8 Å². The van der Waals surface area contributed by atoms with E-state index in [0.717, 1.165) is 0 Å². The molecular weight excluding hydrogens is 274 g/mol. The second kappa shape index (κ2) is 6.97. The number of hydrogen-bond donors (Lipinski definition) is 1. The molecule has 1 aromatic carbocycles. The molecule has 0 aliphatic heterocycles. The fourth-order valence-corrected chi connectivity index (χ4v) is 1.63. The molecule has 1 aromatic rings. The molecule has 0 aliphatic carbocycles. The van der Waals surface area contributed by atoms with Crippen LogP contribution in [0.2, 0.25) is 0 Å². The largest absolute Gasteiger partial charge is 0.493 e. The van der Waals surface area contributed by atoms with Crippen LogP contribution >= 0.6 is 0 Å². The molecule has 21 heavy (non-hydrogen) atoms. The molecule has 0 bridgehead atoms. The Morgan fingerprint density at radius 3 is 2.33 bits per heavy atom. The van der Waals surface area contributed by atoms with Crippen molar-refractivity contribution in [2.75, 3.05) is 20.8 Å². The second-order valence-corrected chi connectivity index (χ2v) is 5.44. The maximum Gasteiger partial charge on any atom is 0.337 e. The number of esters is 1. The van der Waals surface area contributed by atoms with Gasteiger partial charge in [0.15, 0.2) is 18.1 Å². The van der Waals surface area contributed by atoms with Crippen LogP contribution in [0, 0.1) is 0 Å². The molecule has 6 nitrogen and oxygen atoms in total. The number of carbonyl (C=O) groups excluding carboxylic acids is 2. The highest BCUT2D eigenvalue weighted by molar-refractivity contribution is 5.90. The van der Waals surface area contributed by atoms with Crippen LogP contribution in [0.4, 0.5) is 0 Å². The number of amides is 1. The summed E-state index contributed by atoms with van der Waals surface area (Å²) >= 11 is 0. The fraction of sp³-hybridized carbons (Fsp3) is 0.467. The summed E-state index contributed by atoms with van der Waals surface area (Å²) in [4.78, 5) is 23.1. The van der Waals surface area contributed by atoms with Crippen molar-refractivity contribution in [3.8, 4) is 11.5 Å². The molecule has 116 valence electrons. The minimum absolute atomic E-state index is 0.134. The Bertz CT molecular complexity index is 519. The average molecular weight is 295 g/mol. The lowest BCUT2D eigenvalue weighted by Crippen LogP contribution is -2.43. The van der Waals surface area contributed by atoms with Gasteiger partial charge in [0.1, 0.15) is 0 Å². The second-order valence-electron chi connectivity index (χ2n) is 5.44. The molecule has 0 aromatic heterocycles. The van der Waals surface area contributed by atoms with Crippen LogP contribution in [0.25, 0.3) is 0 Å². The van der Waals surface area contributed by atoms with Crippen molar-refractivity contribution in [3.63, 3.8) is 0 Å². The van der Waals surface area contributed by atoms with Crippen LogP contribution < -0.4 is 14.8 Å². The molecule has 0 spiro atoms. The van der Waals surface area contributed by atoms with Gasteiger partial charge in [-0.3, -0.25) is 4.79 Å². The molecule has 1 rings (SSSR count). The van der Waals surface area contributed by atoms with Crippen molar-refractivity contribution in [1.82, 2.24) is 5.32 Å². The number of rotatable bonds is 5. The van der Waals surface area contributed by atoms with Gasteiger partial charge in [-0.25, -0.2) is 4.79 Å². The third-order valence-electron chi connectivity index (χ3n) is 2.46. The smallest absolute Gasteiger partial charge is 0.337 e. The maximum absolute atomic E-state index is 11.7. The molecule has 1 amide bonds. The van der Waals surface area contributed by atoms with Crippen molar-refractivity contribution in [1.29, 1.82) is 0 Å². The van der Waals surface area contributed by atoms with E-state index in [2.05, 4.69) is 10.1 Å². The highest BCUT2D eigenvalue weighted by Crippen LogP contribution is 2.28. The molecule has 6 heteroatoms. The van der Waals surface area contributed by atoms with Crippen molar-refractivity contribution in [2.24, 2.45) is 0 Å². The predicted octanol–water partition coefficient (Wildman–Crippen LogP) is 1.78. The minimum atomic E-state index is -0.467. The van der Waals surface area contributed by atoms with Gasteiger partial charge in [0.2, 0.25) is 0 Å². The third-order valence-corrected chi connectivity index (χ3v) is 2.46. The number of benzene rings is 1. The van der Waals surface area contributed by atoms with E-state index >= 15 is 0 Å². The van der Waals surface area contributed by atoms with Crippen LogP contribution in [0.5, 0.6) is 11.5 Å². The Kier molecular flexibility index (Phi) is 5.58. The Hall–Kier alpha value is -2.24. The van der Waals surface area contributed by atoms with Crippen LogP contribution in [0.15, 0.2) is 18.2 Å². The monoisotopic (exact) mass is 295 g/mol. The first-order valence-corrected chi connectivity index (χ1v) is 6.47. The maximum atomic E-state index is 11.7. The van der Waals surface area contributed by atoms with E-state index in [9.17, 15) is 9.59 Å². The summed E-state index contributed by atoms with van der Waals surface area (Å²) in [5.41, 5.74) is 0.0278. The Labute approximate surface area is 124 Å². The van der Waals surface area contributed by atoms with Crippen LogP contribution in [-0.2, 0) is 9.53 Å². The summed E-state index contributed by atoms with van der Waals surface area (Å²) in [6, 6.07) is 4.61. The van der Waals surface area contributed by atoms with E-state index in [1.807, 2.05) is 20.8 Å². The normalized spacial score (nSPS) is 10.7. The molecule has 0 unspecified atom stereocenters. The van der Waals surface area contributed by atoms with Gasteiger partial charge < -0.3 is 19.5 Å². The first-order chi connectivity index (χ1) is 9.76. The van der Waals surface area contributed by atoms with Gasteiger partial charge in [0.05, 0.1) is 19.8 Å². The molecule has 0 fully saturated rings. The lowest BCUT2D eigenvalue weighted by Gasteiger charge is -2.20. The Morgan fingerprint density at radius 1 is 1.14 bits per heavy atom. The summed E-state index contributed by atoms with van der Waals surface area (Å²) in [7, 11) is 2.76. The van der Waals surface area contributed by atoms with Gasteiger partial charge in [0, 0.05) is 5.54 Å². The van der Waals surface area contributed by atoms with E-state index in [1.54, 1.807) is 12.1 Å². The van der Waals surface area contributed by atoms with Crippen LogP contribution in [0.3, 0.4) is 0 Å². The third kappa shape index (κ3) is 5.33. The molecule has 0 heterocycles. The summed E-state index contributed by atoms with van der Waals surface area (Å²) in [6.45, 7) is 5.52. The highest BCUT2D eigenvalue weighted by atomic mass is 16.5. The van der Waals surface area contributed by atoms with Crippen LogP contribution in [-0.4, -0.2) is 38.2 Å². The fourth-order valence-electron chi connectivity index (χ4n) is 1.63. The summed E-state index contributed by atoms with van der Waals surface area (Å²) < 4.78 is 15.2. The van der Waals surface area contributed by atoms with Gasteiger partial charge in [-0.15, -0.1) is 0 Å². The standard InChI is InChI=1S/C15H21NO5/c1-15(2,3)16-13(17)9-21-11-7-6-10(14(18)20-5)8-12(11)19-4/h6-8H,9H2,1-5H3,(H,16,17). The first-order valence-electron chi connectivity index (χ1n) is 6.47. The summed E-state index contributed by atoms with van der Waals surface area (Å²) in [5.74, 6) is 0.0441. The molecule has 0 saturated heterocycles. The SMILES string of the molecule is COC(=O)c1ccc(OCC(=O)NC(C)(C)C)c(OC)c1. The van der Waals surface area contributed by atoms with E-state index in [4.69, 9.17) is 9.47 Å². The van der Waals surface area contributed by atoms with Crippen molar-refractivity contribution >= 4 is 11.9 Å².